The van der Waals surface area contributed by atoms with Crippen LogP contribution in [0.3, 0.4) is 0 Å². The van der Waals surface area contributed by atoms with Crippen molar-refractivity contribution in [2.24, 2.45) is 0 Å². The summed E-state index contributed by atoms with van der Waals surface area (Å²) in [6.45, 7) is 5.69. The van der Waals surface area contributed by atoms with E-state index in [2.05, 4.69) is 6.58 Å². The van der Waals surface area contributed by atoms with Gasteiger partial charge in [-0.3, -0.25) is 4.55 Å². The van der Waals surface area contributed by atoms with E-state index in [1.807, 2.05) is 6.92 Å². The molecule has 1 aromatic carbocycles. The summed E-state index contributed by atoms with van der Waals surface area (Å²) in [7, 11) is -3.77. The van der Waals surface area contributed by atoms with Gasteiger partial charge in [0.25, 0.3) is 10.1 Å². The fraction of sp³-hybridized carbons (Fsp3) is 0.273. The number of hydrogen-bond donors (Lipinski definition) is 1. The molecule has 1 N–H and O–H groups in total. The van der Waals surface area contributed by atoms with Crippen molar-refractivity contribution in [3.05, 3.63) is 30.3 Å². The molecule has 3 nitrogen and oxygen atoms in total. The van der Waals surface area contributed by atoms with Crippen LogP contribution in [-0.2, 0) is 10.1 Å². The maximum Gasteiger partial charge on any atom is 0.294 e. The first-order chi connectivity index (χ1) is 7.50. The fourth-order valence-electron chi connectivity index (χ4n) is 1.37. The Labute approximate surface area is 98.8 Å². The Morgan fingerprint density at radius 2 is 2.19 bits per heavy atom. The third-order valence-electron chi connectivity index (χ3n) is 2.11. The molecule has 0 amide bonds. The molecule has 0 aliphatic heterocycles. The zero-order valence-corrected chi connectivity index (χ0v) is 10.9. The molecule has 0 fully saturated rings. The van der Waals surface area contributed by atoms with Gasteiger partial charge >= 0.3 is 0 Å². The topological polar surface area (TPSA) is 54.4 Å². The molecule has 86 valence electrons. The Bertz CT molecular complexity index is 480. The van der Waals surface area contributed by atoms with Crippen LogP contribution in [0.5, 0.6) is 0 Å². The van der Waals surface area contributed by atoms with Crippen molar-refractivity contribution in [2.45, 2.75) is 24.3 Å². The van der Waals surface area contributed by atoms with Gasteiger partial charge in [-0.2, -0.15) is 8.42 Å². The lowest BCUT2D eigenvalue weighted by atomic mass is 10.2. The summed E-state index contributed by atoms with van der Waals surface area (Å²) < 4.78 is 31.6. The molecule has 0 aromatic heterocycles. The van der Waals surface area contributed by atoms with Crippen LogP contribution in [0.2, 0.25) is 6.04 Å². The third kappa shape index (κ3) is 3.04. The summed E-state index contributed by atoms with van der Waals surface area (Å²) in [6, 6.07) is 5.76. The molecule has 0 spiro atoms. The first-order valence-corrected chi connectivity index (χ1v) is 7.62. The lowest BCUT2D eigenvalue weighted by Crippen LogP contribution is -2.24. The summed E-state index contributed by atoms with van der Waals surface area (Å²) in [6.07, 6.45) is 2.60. The zero-order valence-electron chi connectivity index (χ0n) is 9.10. The molecule has 1 rings (SSSR count). The highest BCUT2D eigenvalue weighted by Crippen LogP contribution is 2.10. The van der Waals surface area contributed by atoms with Crippen molar-refractivity contribution >= 4 is 30.9 Å². The van der Waals surface area contributed by atoms with E-state index in [0.717, 1.165) is 18.0 Å². The van der Waals surface area contributed by atoms with Crippen LogP contribution in [0, 0.1) is 0 Å². The van der Waals surface area contributed by atoms with E-state index >= 15 is 0 Å². The van der Waals surface area contributed by atoms with Crippen LogP contribution < -0.4 is 5.19 Å². The summed E-state index contributed by atoms with van der Waals surface area (Å²) in [5.41, 5.74) is 0.780. The Kier molecular flexibility index (Phi) is 4.46. The average Bonchev–Trinajstić information content (AvgIpc) is 2.24. The monoisotopic (exact) mass is 254 g/mol. The van der Waals surface area contributed by atoms with Gasteiger partial charge in [0.15, 0.2) is 0 Å². The number of hydrogen-bond acceptors (Lipinski definition) is 2. The molecular weight excluding hydrogens is 240 g/mol. The summed E-state index contributed by atoms with van der Waals surface area (Å²) in [5, 5.41) is 0.682. The molecule has 5 heteroatoms. The van der Waals surface area contributed by atoms with E-state index in [0.29, 0.717) is 14.7 Å². The van der Waals surface area contributed by atoms with E-state index in [1.165, 1.54) is 6.07 Å². The highest BCUT2D eigenvalue weighted by molar-refractivity contribution is 7.86. The third-order valence-corrected chi connectivity index (χ3v) is 4.85. The normalized spacial score (nSPS) is 11.4. The van der Waals surface area contributed by atoms with Gasteiger partial charge in [0.2, 0.25) is 0 Å². The summed E-state index contributed by atoms with van der Waals surface area (Å²) in [5.74, 6) is 0. The van der Waals surface area contributed by atoms with Gasteiger partial charge < -0.3 is 0 Å². The van der Waals surface area contributed by atoms with Crippen molar-refractivity contribution in [3.63, 3.8) is 0 Å². The minimum atomic E-state index is -4.14. The van der Waals surface area contributed by atoms with E-state index in [1.54, 1.807) is 18.2 Å². The van der Waals surface area contributed by atoms with Gasteiger partial charge in [0.1, 0.15) is 0 Å². The van der Waals surface area contributed by atoms with Gasteiger partial charge in [0.05, 0.1) is 14.4 Å². The second kappa shape index (κ2) is 5.43. The van der Waals surface area contributed by atoms with Crippen LogP contribution >= 0.6 is 0 Å². The second-order valence-corrected chi connectivity index (χ2v) is 6.07. The molecule has 1 aromatic rings. The molecule has 0 saturated carbocycles. The standard InChI is InChI=1S/C11H14O3SSi/c1-3-8-16-11-9(4-2)6-5-7-10(11)15(12,13)14/h4-7H,2-3,8H2,1H3,(H,12,13,14). The van der Waals surface area contributed by atoms with Crippen LogP contribution in [0.25, 0.3) is 6.08 Å². The molecule has 0 bridgehead atoms. The maximum atomic E-state index is 11.2. The predicted octanol–water partition coefficient (Wildman–Crippen LogP) is 1.73. The molecule has 0 aliphatic rings. The lowest BCUT2D eigenvalue weighted by Gasteiger charge is -2.09. The lowest BCUT2D eigenvalue weighted by molar-refractivity contribution is 0.484. The quantitative estimate of drug-likeness (QED) is 0.643. The Balaban J connectivity index is 3.32. The van der Waals surface area contributed by atoms with Gasteiger partial charge in [0, 0.05) is 0 Å². The maximum absolute atomic E-state index is 11.2. The van der Waals surface area contributed by atoms with Gasteiger partial charge in [-0.05, 0) is 16.8 Å². The Hall–Kier alpha value is -0.913. The molecule has 2 radical (unpaired) electrons. The highest BCUT2D eigenvalue weighted by Gasteiger charge is 2.16. The largest absolute Gasteiger partial charge is 0.294 e. The van der Waals surface area contributed by atoms with Gasteiger partial charge in [-0.1, -0.05) is 44.2 Å². The van der Waals surface area contributed by atoms with Gasteiger partial charge in [-0.15, -0.1) is 0 Å². The van der Waals surface area contributed by atoms with Crippen LogP contribution in [0.1, 0.15) is 18.9 Å². The fourth-order valence-corrected chi connectivity index (χ4v) is 3.75. The van der Waals surface area contributed by atoms with Crippen molar-refractivity contribution < 1.29 is 13.0 Å². The number of benzene rings is 1. The van der Waals surface area contributed by atoms with E-state index in [4.69, 9.17) is 4.55 Å². The highest BCUT2D eigenvalue weighted by atomic mass is 32.2. The van der Waals surface area contributed by atoms with Crippen molar-refractivity contribution in [3.8, 4) is 0 Å². The van der Waals surface area contributed by atoms with Crippen molar-refractivity contribution in [2.75, 3.05) is 0 Å². The van der Waals surface area contributed by atoms with Crippen LogP contribution in [0.15, 0.2) is 29.7 Å². The minimum absolute atomic E-state index is 0.0108. The first-order valence-electron chi connectivity index (χ1n) is 4.97. The van der Waals surface area contributed by atoms with Crippen molar-refractivity contribution in [1.29, 1.82) is 0 Å². The SMILES string of the molecule is C=Cc1cccc(S(=O)(=O)O)c1[Si]CCC. The van der Waals surface area contributed by atoms with E-state index in [-0.39, 0.29) is 4.90 Å². The predicted molar refractivity (Wildman–Crippen MR) is 66.8 cm³/mol. The van der Waals surface area contributed by atoms with E-state index < -0.39 is 10.1 Å². The smallest absolute Gasteiger partial charge is 0.282 e. The van der Waals surface area contributed by atoms with Gasteiger partial charge in [-0.25, -0.2) is 0 Å². The Morgan fingerprint density at radius 1 is 1.50 bits per heavy atom. The molecule has 0 atom stereocenters. The minimum Gasteiger partial charge on any atom is -0.282 e. The van der Waals surface area contributed by atoms with Crippen molar-refractivity contribution in [1.82, 2.24) is 0 Å². The molecule has 0 aliphatic carbocycles. The Morgan fingerprint density at radius 3 is 2.69 bits per heavy atom. The van der Waals surface area contributed by atoms with Crippen LogP contribution in [-0.4, -0.2) is 22.5 Å². The summed E-state index contributed by atoms with van der Waals surface area (Å²) in [4.78, 5) is 0.0108. The van der Waals surface area contributed by atoms with Crippen LogP contribution in [0.4, 0.5) is 0 Å². The molecule has 0 unspecified atom stereocenters. The van der Waals surface area contributed by atoms with E-state index in [9.17, 15) is 8.42 Å². The second-order valence-electron chi connectivity index (χ2n) is 3.33. The molecule has 0 heterocycles. The molecule has 16 heavy (non-hydrogen) atoms. The summed E-state index contributed by atoms with van der Waals surface area (Å²) >= 11 is 0. The molecular formula is C11H14O3SSi. The number of rotatable bonds is 5. The molecule has 0 saturated heterocycles. The first kappa shape index (κ1) is 13.2. The zero-order chi connectivity index (χ0) is 12.2. The average molecular weight is 254 g/mol.